The highest BCUT2D eigenvalue weighted by molar-refractivity contribution is 6.74. The number of benzene rings is 5. The molecule has 0 radical (unpaired) electrons. The third kappa shape index (κ3) is 8.51. The number of hydrogen-bond acceptors (Lipinski definition) is 4. The molecular weight excluding hydrogens is 1090 g/mol. The number of aryl methyl sites for hydroxylation is 4. The Morgan fingerprint density at radius 1 is 0.295 bits per heavy atom. The molecule has 78 heavy (non-hydrogen) atoms. The van der Waals surface area contributed by atoms with Crippen molar-refractivity contribution < 1.29 is 92.7 Å². The Hall–Kier alpha value is -8.44. The van der Waals surface area contributed by atoms with E-state index in [9.17, 15) is 52.7 Å². The summed E-state index contributed by atoms with van der Waals surface area (Å²) in [6.07, 6.45) is 1.67. The molecule has 1 N–H and O–H groups in total. The first-order valence-corrected chi connectivity index (χ1v) is 21.8. The Labute approximate surface area is 423 Å². The Morgan fingerprint density at radius 2 is 0.474 bits per heavy atom. The number of rotatable bonds is 9. The van der Waals surface area contributed by atoms with Crippen LogP contribution in [0, 0.1) is 144 Å². The first-order valence-electron chi connectivity index (χ1n) is 21.8. The molecule has 0 saturated heterocycles. The Balaban J connectivity index is 0.000000810. The summed E-state index contributed by atoms with van der Waals surface area (Å²) in [5.41, 5.74) is -10.8. The van der Waals surface area contributed by atoms with E-state index < -0.39 is 191 Å². The second-order valence-electron chi connectivity index (χ2n) is 17.2. The molecule has 0 aliphatic heterocycles. The van der Waals surface area contributed by atoms with Crippen LogP contribution in [0.4, 0.5) is 93.5 Å². The van der Waals surface area contributed by atoms with Crippen LogP contribution in [0.25, 0.3) is 45.0 Å². The lowest BCUT2D eigenvalue weighted by molar-refractivity contribution is -0.786. The van der Waals surface area contributed by atoms with Crippen molar-refractivity contribution in [2.45, 2.75) is 27.7 Å². The topological polar surface area (TPSA) is 75.7 Å². The highest BCUT2D eigenvalue weighted by atomic mass is 19.2. The summed E-state index contributed by atoms with van der Waals surface area (Å²) in [5.74, 6) is -54.3. The molecule has 0 fully saturated rings. The second kappa shape index (κ2) is 20.2. The van der Waals surface area contributed by atoms with Gasteiger partial charge in [-0.15, -0.1) is 0 Å². The fourth-order valence-electron chi connectivity index (χ4n) is 8.72. The number of para-hydroxylation sites is 1. The minimum Gasteiger partial charge on any atom is -0.452 e. The highest BCUT2D eigenvalue weighted by Crippen LogP contribution is 2.40. The van der Waals surface area contributed by atoms with Crippen molar-refractivity contribution in [3.8, 4) is 45.0 Å². The maximum atomic E-state index is 15.5. The molecule has 0 bridgehead atoms. The van der Waals surface area contributed by atoms with Crippen LogP contribution in [-0.2, 0) is 0 Å². The van der Waals surface area contributed by atoms with Crippen molar-refractivity contribution in [2.75, 3.05) is 14.1 Å². The maximum Gasteiger partial charge on any atom is 0.406 e. The van der Waals surface area contributed by atoms with E-state index in [0.717, 1.165) is 27.7 Å². The number of nitrogens with zero attached hydrogens (tertiary/aromatic N) is 8. The Kier molecular flexibility index (Phi) is 14.4. The van der Waals surface area contributed by atoms with E-state index in [0.29, 0.717) is 42.7 Å². The smallest absolute Gasteiger partial charge is 0.406 e. The summed E-state index contributed by atoms with van der Waals surface area (Å²) >= 11 is 0. The first kappa shape index (κ1) is 55.8. The van der Waals surface area contributed by atoms with Gasteiger partial charge in [0.1, 0.15) is 5.69 Å². The first-order chi connectivity index (χ1) is 36.5. The molecule has 0 aliphatic rings. The van der Waals surface area contributed by atoms with Crippen molar-refractivity contribution in [1.82, 2.24) is 37.8 Å². The van der Waals surface area contributed by atoms with Crippen LogP contribution >= 0.6 is 0 Å². The van der Waals surface area contributed by atoms with Crippen molar-refractivity contribution in [2.24, 2.45) is 0 Å². The van der Waals surface area contributed by atoms with Crippen molar-refractivity contribution in [3.63, 3.8) is 0 Å². The van der Waals surface area contributed by atoms with Gasteiger partial charge in [0.05, 0.1) is 82.4 Å². The third-order valence-corrected chi connectivity index (χ3v) is 12.4. The van der Waals surface area contributed by atoms with Crippen molar-refractivity contribution >= 4 is 12.4 Å². The van der Waals surface area contributed by atoms with E-state index in [-0.39, 0.29) is 0 Å². The number of halogens is 20. The molecule has 30 heteroatoms. The SMILES string of the molecule is C[NH+](C)c1ccccc1.Cc1nc(-c2c(F)c(F)c(F)c(F)c2F)cn1[B-](n1cc(-c2c(F)c(F)c(F)c(F)c2F)nc1C)(n1cc(-c2c(F)c(F)c(F)c(F)c2F)nc1C)n1cc(-c2c(F)c(F)c(F)c(F)c2F)nc1C. The zero-order chi connectivity index (χ0) is 57.6. The molecule has 0 aliphatic carbocycles. The van der Waals surface area contributed by atoms with E-state index in [1.807, 2.05) is 6.07 Å². The zero-order valence-electron chi connectivity index (χ0n) is 39.9. The van der Waals surface area contributed by atoms with E-state index in [1.54, 1.807) is 0 Å². The summed E-state index contributed by atoms with van der Waals surface area (Å²) in [4.78, 5) is 16.9. The van der Waals surface area contributed by atoms with Gasteiger partial charge >= 0.3 is 6.69 Å². The molecule has 4 aromatic heterocycles. The fraction of sp³-hybridized carbons (Fsp3) is 0.125. The average Bonchev–Trinajstić information content (AvgIpc) is 4.41. The fourth-order valence-corrected chi connectivity index (χ4v) is 8.72. The maximum absolute atomic E-state index is 15.5. The molecule has 408 valence electrons. The summed E-state index contributed by atoms with van der Waals surface area (Å²) < 4.78 is 301. The predicted molar refractivity (Wildman–Crippen MR) is 235 cm³/mol. The second-order valence-corrected chi connectivity index (χ2v) is 17.2. The lowest BCUT2D eigenvalue weighted by atomic mass is 9.70. The number of aromatic nitrogens is 8. The minimum atomic E-state index is -4.43. The molecule has 9 rings (SSSR count). The van der Waals surface area contributed by atoms with Gasteiger partial charge in [-0.05, 0) is 64.6 Å². The predicted octanol–water partition coefficient (Wildman–Crippen LogP) is 11.5. The Bertz CT molecular complexity index is 3350. The van der Waals surface area contributed by atoms with Crippen LogP contribution in [0.2, 0.25) is 0 Å². The lowest BCUT2D eigenvalue weighted by Gasteiger charge is -2.48. The number of imidazole rings is 4. The van der Waals surface area contributed by atoms with Crippen molar-refractivity contribution in [1.29, 1.82) is 0 Å². The summed E-state index contributed by atoms with van der Waals surface area (Å²) in [6.45, 7) is -0.935. The van der Waals surface area contributed by atoms with Gasteiger partial charge in [0.15, 0.2) is 93.1 Å². The largest absolute Gasteiger partial charge is 0.452 e. The van der Waals surface area contributed by atoms with Crippen LogP contribution in [0.1, 0.15) is 23.3 Å². The van der Waals surface area contributed by atoms with E-state index >= 15 is 35.1 Å². The number of nitrogens with one attached hydrogen (secondary N) is 1. The molecule has 0 amide bonds. The molecule has 0 atom stereocenters. The molecular formula is C48H28BF20N9. The summed E-state index contributed by atoms with van der Waals surface area (Å²) in [6, 6.07) is 10.4. The van der Waals surface area contributed by atoms with Gasteiger partial charge in [0.25, 0.3) is 0 Å². The average molecular weight is 1120 g/mol. The summed E-state index contributed by atoms with van der Waals surface area (Å²) in [5, 5.41) is 0. The van der Waals surface area contributed by atoms with Crippen LogP contribution in [0.5, 0.6) is 0 Å². The van der Waals surface area contributed by atoms with E-state index in [2.05, 4.69) is 58.3 Å². The lowest BCUT2D eigenvalue weighted by Crippen LogP contribution is -3.00. The van der Waals surface area contributed by atoms with Gasteiger partial charge in [-0.25, -0.2) is 108 Å². The van der Waals surface area contributed by atoms with Gasteiger partial charge in [0, 0.05) is 0 Å². The standard InChI is InChI=1S/C40H16BF20N8.C8H11N/c1-9-62-13(17-21(42)29(50)37(58)30(51)22(17)43)5-66(9)41(67-6-14(63-10(67)2)18-23(44)31(52)38(59)32(53)24(18)45,68-7-15(64-11(68)3)19-25(46)33(54)39(60)34(55)26(19)47)69-8-16(65-12(69)4)20-27(48)35(56)40(61)36(57)28(20)49;1-9(2)8-6-4-3-5-7-8/h5-8H,1-4H3;3-7H,1-2H3/q-1;/p+1. The molecule has 0 unspecified atom stereocenters. The molecule has 9 aromatic rings. The molecule has 0 saturated carbocycles. The number of quaternary nitrogens is 1. The minimum absolute atomic E-state index is 0.417. The van der Waals surface area contributed by atoms with Gasteiger partial charge < -0.3 is 22.8 Å². The van der Waals surface area contributed by atoms with Crippen molar-refractivity contribution in [3.05, 3.63) is 195 Å². The van der Waals surface area contributed by atoms with E-state index in [4.69, 9.17) is 0 Å². The third-order valence-electron chi connectivity index (χ3n) is 12.4. The van der Waals surface area contributed by atoms with Crippen LogP contribution in [-0.4, -0.2) is 58.6 Å². The van der Waals surface area contributed by atoms with Gasteiger partial charge in [-0.1, -0.05) is 18.2 Å². The monoisotopic (exact) mass is 1120 g/mol. The molecule has 5 aromatic carbocycles. The van der Waals surface area contributed by atoms with Gasteiger partial charge in [-0.2, -0.15) is 0 Å². The quantitative estimate of drug-likeness (QED) is 0.0676. The van der Waals surface area contributed by atoms with Crippen LogP contribution in [0.3, 0.4) is 0 Å². The highest BCUT2D eigenvalue weighted by Gasteiger charge is 2.44. The molecule has 9 nitrogen and oxygen atoms in total. The summed E-state index contributed by atoms with van der Waals surface area (Å²) in [7, 11) is 4.24. The molecule has 0 spiro atoms. The normalized spacial score (nSPS) is 11.8. The Morgan fingerprint density at radius 3 is 0.641 bits per heavy atom. The van der Waals surface area contributed by atoms with Crippen LogP contribution < -0.4 is 4.90 Å². The number of hydrogen-bond donors (Lipinski definition) is 1. The van der Waals surface area contributed by atoms with Crippen LogP contribution in [0.15, 0.2) is 55.1 Å². The van der Waals surface area contributed by atoms with Gasteiger partial charge in [-0.3, -0.25) is 0 Å². The van der Waals surface area contributed by atoms with E-state index in [1.165, 1.54) is 10.6 Å². The van der Waals surface area contributed by atoms with Gasteiger partial charge in [0.2, 0.25) is 23.3 Å². The zero-order valence-corrected chi connectivity index (χ0v) is 39.9. The molecule has 4 heterocycles.